The zero-order valence-electron chi connectivity index (χ0n) is 12.0. The van der Waals surface area contributed by atoms with Crippen molar-refractivity contribution in [2.45, 2.75) is 12.5 Å². The van der Waals surface area contributed by atoms with Crippen LogP contribution in [0.3, 0.4) is 0 Å². The van der Waals surface area contributed by atoms with E-state index in [9.17, 15) is 4.79 Å². The normalized spacial score (nSPS) is 16.6. The Morgan fingerprint density at radius 3 is 3.05 bits per heavy atom. The molecule has 0 bridgehead atoms. The third-order valence-corrected chi connectivity index (χ3v) is 3.29. The maximum absolute atomic E-state index is 12.2. The average Bonchev–Trinajstić information content (AvgIpc) is 3.06. The van der Waals surface area contributed by atoms with Gasteiger partial charge in [0.15, 0.2) is 0 Å². The molecule has 0 unspecified atom stereocenters. The van der Waals surface area contributed by atoms with Crippen LogP contribution in [-0.4, -0.2) is 29.8 Å². The van der Waals surface area contributed by atoms with E-state index in [0.29, 0.717) is 12.1 Å². The third-order valence-electron chi connectivity index (χ3n) is 3.29. The summed E-state index contributed by atoms with van der Waals surface area (Å²) in [6.07, 6.45) is 3.00. The van der Waals surface area contributed by atoms with Gasteiger partial charge in [0.25, 0.3) is 5.91 Å². The van der Waals surface area contributed by atoms with Crippen LogP contribution in [0.2, 0.25) is 0 Å². The molecule has 1 N–H and O–H groups in total. The molecule has 6 nitrogen and oxygen atoms in total. The van der Waals surface area contributed by atoms with Gasteiger partial charge in [-0.05, 0) is 24.3 Å². The van der Waals surface area contributed by atoms with E-state index in [4.69, 9.17) is 9.57 Å². The van der Waals surface area contributed by atoms with E-state index < -0.39 is 6.10 Å². The number of oxime groups is 1. The molecule has 0 fully saturated rings. The first-order valence-electron chi connectivity index (χ1n) is 6.84. The summed E-state index contributed by atoms with van der Waals surface area (Å²) < 4.78 is 5.19. The molecule has 1 aliphatic rings. The number of carbonyl (C=O) groups excluding carboxylic acids is 1. The number of aromatic nitrogens is 1. The number of pyridine rings is 1. The van der Waals surface area contributed by atoms with Gasteiger partial charge in [-0.1, -0.05) is 17.3 Å². The molecule has 6 heteroatoms. The van der Waals surface area contributed by atoms with Crippen LogP contribution in [0.4, 0.5) is 5.69 Å². The highest BCUT2D eigenvalue weighted by Crippen LogP contribution is 2.21. The van der Waals surface area contributed by atoms with E-state index in [1.807, 2.05) is 24.3 Å². The number of hydrogen-bond donors (Lipinski definition) is 1. The summed E-state index contributed by atoms with van der Waals surface area (Å²) in [6.45, 7) is 0. The quantitative estimate of drug-likeness (QED) is 0.939. The molecule has 22 heavy (non-hydrogen) atoms. The number of ether oxygens (including phenoxy) is 1. The first-order chi connectivity index (χ1) is 10.8. The van der Waals surface area contributed by atoms with Gasteiger partial charge in [0.2, 0.25) is 6.10 Å². The number of amides is 1. The number of anilines is 1. The van der Waals surface area contributed by atoms with Crippen LogP contribution < -0.4 is 10.1 Å². The second-order valence-corrected chi connectivity index (χ2v) is 4.80. The van der Waals surface area contributed by atoms with E-state index in [2.05, 4.69) is 15.5 Å². The topological polar surface area (TPSA) is 72.8 Å². The highest BCUT2D eigenvalue weighted by atomic mass is 16.6. The molecule has 0 spiro atoms. The Labute approximate surface area is 127 Å². The molecule has 0 aliphatic carbocycles. The Bertz CT molecular complexity index is 701. The summed E-state index contributed by atoms with van der Waals surface area (Å²) in [5.74, 6) is 0.498. The second-order valence-electron chi connectivity index (χ2n) is 4.80. The molecular weight excluding hydrogens is 282 g/mol. The number of rotatable bonds is 4. The standard InChI is InChI=1S/C16H15N3O3/c1-21-13-6-2-4-11(8-13)14-9-15(22-19-14)16(20)18-12-5-3-7-17-10-12/h2-8,10,15H,9H2,1H3,(H,18,20)/t15-/m1/s1. The number of nitrogens with one attached hydrogen (secondary N) is 1. The lowest BCUT2D eigenvalue weighted by molar-refractivity contribution is -0.125. The minimum absolute atomic E-state index is 0.241. The first kappa shape index (κ1) is 14.1. The molecule has 1 atom stereocenters. The number of hydrogen-bond acceptors (Lipinski definition) is 5. The highest BCUT2D eigenvalue weighted by Gasteiger charge is 2.29. The van der Waals surface area contributed by atoms with Gasteiger partial charge in [-0.25, -0.2) is 0 Å². The Morgan fingerprint density at radius 1 is 1.36 bits per heavy atom. The SMILES string of the molecule is COc1cccc(C2=NO[C@@H](C(=O)Nc3cccnc3)C2)c1. The van der Waals surface area contributed by atoms with Gasteiger partial charge in [0.1, 0.15) is 5.75 Å². The minimum atomic E-state index is -0.638. The fourth-order valence-electron chi connectivity index (χ4n) is 2.15. The smallest absolute Gasteiger partial charge is 0.268 e. The minimum Gasteiger partial charge on any atom is -0.497 e. The second kappa shape index (κ2) is 6.26. The number of methoxy groups -OCH3 is 1. The predicted molar refractivity (Wildman–Crippen MR) is 81.9 cm³/mol. The molecule has 112 valence electrons. The number of nitrogens with zero attached hydrogens (tertiary/aromatic N) is 2. The monoisotopic (exact) mass is 297 g/mol. The highest BCUT2D eigenvalue weighted by molar-refractivity contribution is 6.06. The molecule has 2 aromatic rings. The molecule has 2 heterocycles. The number of carbonyl (C=O) groups is 1. The molecule has 0 saturated heterocycles. The van der Waals surface area contributed by atoms with Crippen LogP contribution in [0.5, 0.6) is 5.75 Å². The van der Waals surface area contributed by atoms with Crippen molar-refractivity contribution in [3.8, 4) is 5.75 Å². The molecule has 3 rings (SSSR count). The van der Waals surface area contributed by atoms with Gasteiger partial charge in [-0.2, -0.15) is 0 Å². The summed E-state index contributed by atoms with van der Waals surface area (Å²) >= 11 is 0. The van der Waals surface area contributed by atoms with E-state index in [1.165, 1.54) is 0 Å². The van der Waals surface area contributed by atoms with Crippen molar-refractivity contribution in [3.63, 3.8) is 0 Å². The van der Waals surface area contributed by atoms with Crippen molar-refractivity contribution in [2.24, 2.45) is 5.16 Å². The van der Waals surface area contributed by atoms with Gasteiger partial charge in [0.05, 0.1) is 24.7 Å². The fraction of sp³-hybridized carbons (Fsp3) is 0.188. The fourth-order valence-corrected chi connectivity index (χ4v) is 2.15. The molecular formula is C16H15N3O3. The summed E-state index contributed by atoms with van der Waals surface area (Å²) in [7, 11) is 1.61. The first-order valence-corrected chi connectivity index (χ1v) is 6.84. The van der Waals surface area contributed by atoms with Crippen LogP contribution in [0, 0.1) is 0 Å². The van der Waals surface area contributed by atoms with Crippen molar-refractivity contribution in [3.05, 3.63) is 54.4 Å². The van der Waals surface area contributed by atoms with Crippen LogP contribution in [0.25, 0.3) is 0 Å². The van der Waals surface area contributed by atoms with Crippen molar-refractivity contribution in [2.75, 3.05) is 12.4 Å². The van der Waals surface area contributed by atoms with Crippen LogP contribution in [0.15, 0.2) is 53.9 Å². The van der Waals surface area contributed by atoms with E-state index in [1.54, 1.807) is 31.6 Å². The van der Waals surface area contributed by atoms with Crippen LogP contribution >= 0.6 is 0 Å². The Hall–Kier alpha value is -2.89. The molecule has 1 aliphatic heterocycles. The van der Waals surface area contributed by atoms with Crippen LogP contribution in [-0.2, 0) is 9.63 Å². The van der Waals surface area contributed by atoms with Crippen molar-refractivity contribution in [1.82, 2.24) is 4.98 Å². The average molecular weight is 297 g/mol. The van der Waals surface area contributed by atoms with Crippen molar-refractivity contribution >= 4 is 17.3 Å². The van der Waals surface area contributed by atoms with Crippen LogP contribution in [0.1, 0.15) is 12.0 Å². The van der Waals surface area contributed by atoms with Gasteiger partial charge >= 0.3 is 0 Å². The molecule has 1 amide bonds. The molecule has 0 saturated carbocycles. The maximum atomic E-state index is 12.2. The van der Waals surface area contributed by atoms with Crippen molar-refractivity contribution in [1.29, 1.82) is 0 Å². The van der Waals surface area contributed by atoms with Gasteiger partial charge in [0, 0.05) is 18.2 Å². The molecule has 1 aromatic carbocycles. The van der Waals surface area contributed by atoms with E-state index in [0.717, 1.165) is 17.0 Å². The Kier molecular flexibility index (Phi) is 4.00. The van der Waals surface area contributed by atoms with Gasteiger partial charge in [-0.15, -0.1) is 0 Å². The van der Waals surface area contributed by atoms with Gasteiger partial charge < -0.3 is 14.9 Å². The Morgan fingerprint density at radius 2 is 2.27 bits per heavy atom. The summed E-state index contributed by atoms with van der Waals surface area (Å²) in [5.41, 5.74) is 2.24. The largest absolute Gasteiger partial charge is 0.497 e. The third kappa shape index (κ3) is 3.06. The predicted octanol–water partition coefficient (Wildman–Crippen LogP) is 2.22. The zero-order valence-corrected chi connectivity index (χ0v) is 12.0. The molecule has 0 radical (unpaired) electrons. The lowest BCUT2D eigenvalue weighted by atomic mass is 10.0. The zero-order chi connectivity index (χ0) is 15.4. The van der Waals surface area contributed by atoms with E-state index in [-0.39, 0.29) is 5.91 Å². The summed E-state index contributed by atoms with van der Waals surface area (Å²) in [5, 5.41) is 6.76. The summed E-state index contributed by atoms with van der Waals surface area (Å²) in [4.78, 5) is 21.3. The maximum Gasteiger partial charge on any atom is 0.268 e. The number of benzene rings is 1. The summed E-state index contributed by atoms with van der Waals surface area (Å²) in [6, 6.07) is 11.0. The molecule has 1 aromatic heterocycles. The van der Waals surface area contributed by atoms with E-state index >= 15 is 0 Å². The Balaban J connectivity index is 1.65. The van der Waals surface area contributed by atoms with Gasteiger partial charge in [-0.3, -0.25) is 9.78 Å². The van der Waals surface area contributed by atoms with Crippen molar-refractivity contribution < 1.29 is 14.4 Å². The lowest BCUT2D eigenvalue weighted by Gasteiger charge is -2.09. The lowest BCUT2D eigenvalue weighted by Crippen LogP contribution is -2.28.